The summed E-state index contributed by atoms with van der Waals surface area (Å²) in [6.07, 6.45) is 0. The number of ether oxygens (including phenoxy) is 2. The van der Waals surface area contributed by atoms with E-state index in [9.17, 15) is 15.2 Å². The first-order valence-corrected chi connectivity index (χ1v) is 7.22. The number of benzene rings is 2. The molecule has 7 heteroatoms. The van der Waals surface area contributed by atoms with E-state index < -0.39 is 5.91 Å². The van der Waals surface area contributed by atoms with Gasteiger partial charge in [0.15, 0.2) is 11.4 Å². The highest BCUT2D eigenvalue weighted by atomic mass is 16.5. The SMILES string of the molecule is COc1ccc(Oc2ccc3c(C#N)nc(C(N)=O)c(O)c3c2)cc1. The van der Waals surface area contributed by atoms with Crippen LogP contribution in [-0.2, 0) is 0 Å². The summed E-state index contributed by atoms with van der Waals surface area (Å²) in [6, 6.07) is 13.6. The van der Waals surface area contributed by atoms with E-state index in [1.54, 1.807) is 43.5 Å². The standard InChI is InChI=1S/C18H13N3O4/c1-24-10-2-4-11(5-3-10)25-12-6-7-13-14(8-12)17(22)16(18(20)23)21-15(13)9-19/h2-8,22H,1H3,(H2,20,23). The van der Waals surface area contributed by atoms with Crippen molar-refractivity contribution in [1.82, 2.24) is 4.98 Å². The first-order chi connectivity index (χ1) is 12.0. The van der Waals surface area contributed by atoms with Gasteiger partial charge in [-0.15, -0.1) is 0 Å². The molecule has 0 radical (unpaired) electrons. The van der Waals surface area contributed by atoms with Crippen molar-refractivity contribution in [2.75, 3.05) is 7.11 Å². The van der Waals surface area contributed by atoms with Gasteiger partial charge in [-0.2, -0.15) is 5.26 Å². The maximum absolute atomic E-state index is 11.4. The van der Waals surface area contributed by atoms with Crippen LogP contribution in [0, 0.1) is 11.3 Å². The minimum Gasteiger partial charge on any atom is -0.505 e. The van der Waals surface area contributed by atoms with Gasteiger partial charge >= 0.3 is 0 Å². The number of nitriles is 1. The predicted octanol–water partition coefficient (Wildman–Crippen LogP) is 2.71. The van der Waals surface area contributed by atoms with Crippen molar-refractivity contribution >= 4 is 16.7 Å². The summed E-state index contributed by atoms with van der Waals surface area (Å²) in [6.45, 7) is 0. The van der Waals surface area contributed by atoms with Crippen molar-refractivity contribution in [3.8, 4) is 29.1 Å². The second-order valence-corrected chi connectivity index (χ2v) is 5.12. The lowest BCUT2D eigenvalue weighted by Crippen LogP contribution is -2.14. The molecule has 0 aliphatic heterocycles. The Morgan fingerprint density at radius 2 is 1.76 bits per heavy atom. The summed E-state index contributed by atoms with van der Waals surface area (Å²) >= 11 is 0. The summed E-state index contributed by atoms with van der Waals surface area (Å²) in [5.74, 6) is 0.362. The van der Waals surface area contributed by atoms with Gasteiger partial charge in [0.1, 0.15) is 29.0 Å². The van der Waals surface area contributed by atoms with E-state index in [1.807, 2.05) is 6.07 Å². The van der Waals surface area contributed by atoms with Crippen LogP contribution in [0.3, 0.4) is 0 Å². The normalized spacial score (nSPS) is 10.2. The number of fused-ring (bicyclic) bond motifs is 1. The molecule has 0 fully saturated rings. The molecule has 1 aromatic heterocycles. The van der Waals surface area contributed by atoms with Gasteiger partial charge in [0, 0.05) is 10.8 Å². The minimum absolute atomic E-state index is 0.00222. The quantitative estimate of drug-likeness (QED) is 0.756. The summed E-state index contributed by atoms with van der Waals surface area (Å²) < 4.78 is 10.8. The molecule has 0 atom stereocenters. The Morgan fingerprint density at radius 1 is 1.12 bits per heavy atom. The number of nitrogens with two attached hydrogens (primary N) is 1. The van der Waals surface area contributed by atoms with Gasteiger partial charge in [-0.25, -0.2) is 4.98 Å². The molecule has 7 nitrogen and oxygen atoms in total. The van der Waals surface area contributed by atoms with Crippen molar-refractivity contribution in [2.24, 2.45) is 5.73 Å². The van der Waals surface area contributed by atoms with Crippen LogP contribution in [0.15, 0.2) is 42.5 Å². The molecule has 0 bridgehead atoms. The summed E-state index contributed by atoms with van der Waals surface area (Å²) in [4.78, 5) is 15.2. The fraction of sp³-hybridized carbons (Fsp3) is 0.0556. The van der Waals surface area contributed by atoms with E-state index in [-0.39, 0.29) is 22.5 Å². The fourth-order valence-corrected chi connectivity index (χ4v) is 2.38. The van der Waals surface area contributed by atoms with Crippen LogP contribution in [0.5, 0.6) is 23.0 Å². The molecule has 1 heterocycles. The van der Waals surface area contributed by atoms with E-state index in [0.717, 1.165) is 0 Å². The number of aromatic nitrogens is 1. The number of amides is 1. The number of carbonyl (C=O) groups is 1. The zero-order valence-electron chi connectivity index (χ0n) is 13.2. The number of primary amides is 1. The smallest absolute Gasteiger partial charge is 0.271 e. The van der Waals surface area contributed by atoms with Gasteiger partial charge in [0.2, 0.25) is 0 Å². The molecule has 2 aromatic carbocycles. The van der Waals surface area contributed by atoms with Crippen LogP contribution in [0.4, 0.5) is 0 Å². The van der Waals surface area contributed by atoms with Gasteiger partial charge in [-0.3, -0.25) is 4.79 Å². The topological polar surface area (TPSA) is 118 Å². The molecule has 124 valence electrons. The molecule has 0 unspecified atom stereocenters. The molecule has 1 amide bonds. The summed E-state index contributed by atoms with van der Waals surface area (Å²) in [5.41, 5.74) is 4.85. The highest BCUT2D eigenvalue weighted by molar-refractivity contribution is 6.02. The first-order valence-electron chi connectivity index (χ1n) is 7.22. The molecule has 3 rings (SSSR count). The molecule has 3 aromatic rings. The largest absolute Gasteiger partial charge is 0.505 e. The molecular formula is C18H13N3O4. The van der Waals surface area contributed by atoms with Gasteiger partial charge in [0.25, 0.3) is 5.91 Å². The van der Waals surface area contributed by atoms with Crippen LogP contribution >= 0.6 is 0 Å². The average molecular weight is 335 g/mol. The number of carbonyl (C=O) groups excluding carboxylic acids is 1. The third-order valence-corrected chi connectivity index (χ3v) is 3.58. The van der Waals surface area contributed by atoms with E-state index in [0.29, 0.717) is 22.6 Å². The number of pyridine rings is 1. The van der Waals surface area contributed by atoms with Crippen LogP contribution in [-0.4, -0.2) is 23.1 Å². The molecule has 0 saturated carbocycles. The number of nitrogens with zero attached hydrogens (tertiary/aromatic N) is 2. The van der Waals surface area contributed by atoms with Crippen molar-refractivity contribution in [1.29, 1.82) is 5.26 Å². The second-order valence-electron chi connectivity index (χ2n) is 5.12. The van der Waals surface area contributed by atoms with Crippen LogP contribution in [0.25, 0.3) is 10.8 Å². The number of rotatable bonds is 4. The summed E-state index contributed by atoms with van der Waals surface area (Å²) in [5, 5.41) is 20.1. The lowest BCUT2D eigenvalue weighted by atomic mass is 10.1. The number of methoxy groups -OCH3 is 1. The van der Waals surface area contributed by atoms with Gasteiger partial charge in [0.05, 0.1) is 7.11 Å². The van der Waals surface area contributed by atoms with Crippen LogP contribution in [0.1, 0.15) is 16.2 Å². The van der Waals surface area contributed by atoms with Gasteiger partial charge in [-0.05, 0) is 42.5 Å². The molecule has 0 saturated heterocycles. The van der Waals surface area contributed by atoms with Crippen LogP contribution in [0.2, 0.25) is 0 Å². The molecule has 0 aliphatic rings. The van der Waals surface area contributed by atoms with E-state index in [2.05, 4.69) is 4.98 Å². The van der Waals surface area contributed by atoms with Gasteiger partial charge in [-0.1, -0.05) is 0 Å². The Bertz CT molecular complexity index is 1010. The average Bonchev–Trinajstić information content (AvgIpc) is 2.63. The fourth-order valence-electron chi connectivity index (χ4n) is 2.38. The minimum atomic E-state index is -0.919. The van der Waals surface area contributed by atoms with Crippen LogP contribution < -0.4 is 15.2 Å². The lowest BCUT2D eigenvalue weighted by Gasteiger charge is -2.10. The Morgan fingerprint density at radius 3 is 2.36 bits per heavy atom. The first kappa shape index (κ1) is 16.1. The third-order valence-electron chi connectivity index (χ3n) is 3.58. The highest BCUT2D eigenvalue weighted by Gasteiger charge is 2.17. The van der Waals surface area contributed by atoms with Crippen molar-refractivity contribution in [3.63, 3.8) is 0 Å². The monoisotopic (exact) mass is 335 g/mol. The van der Waals surface area contributed by atoms with E-state index in [1.165, 1.54) is 6.07 Å². The van der Waals surface area contributed by atoms with Crippen molar-refractivity contribution in [2.45, 2.75) is 0 Å². The van der Waals surface area contributed by atoms with Crippen molar-refractivity contribution in [3.05, 3.63) is 53.9 Å². The molecule has 0 spiro atoms. The zero-order valence-corrected chi connectivity index (χ0v) is 13.2. The number of hydrogen-bond acceptors (Lipinski definition) is 6. The number of hydrogen-bond donors (Lipinski definition) is 2. The molecule has 25 heavy (non-hydrogen) atoms. The van der Waals surface area contributed by atoms with Gasteiger partial charge < -0.3 is 20.3 Å². The molecular weight excluding hydrogens is 322 g/mol. The van der Waals surface area contributed by atoms with E-state index in [4.69, 9.17) is 15.2 Å². The maximum atomic E-state index is 11.4. The Kier molecular flexibility index (Phi) is 4.10. The van der Waals surface area contributed by atoms with E-state index >= 15 is 0 Å². The molecule has 3 N–H and O–H groups in total. The second kappa shape index (κ2) is 6.37. The maximum Gasteiger partial charge on any atom is 0.271 e. The zero-order chi connectivity index (χ0) is 18.0. The Hall–Kier alpha value is -3.79. The summed E-state index contributed by atoms with van der Waals surface area (Å²) in [7, 11) is 1.57. The Labute approximate surface area is 142 Å². The number of aromatic hydroxyl groups is 1. The lowest BCUT2D eigenvalue weighted by molar-refractivity contribution is 0.0993. The molecule has 0 aliphatic carbocycles. The Balaban J connectivity index is 2.07. The van der Waals surface area contributed by atoms with Crippen molar-refractivity contribution < 1.29 is 19.4 Å². The predicted molar refractivity (Wildman–Crippen MR) is 89.7 cm³/mol. The highest BCUT2D eigenvalue weighted by Crippen LogP contribution is 2.34. The third kappa shape index (κ3) is 3.01.